The maximum absolute atomic E-state index is 5.46. The van der Waals surface area contributed by atoms with E-state index in [0.29, 0.717) is 0 Å². The zero-order chi connectivity index (χ0) is 40.3. The van der Waals surface area contributed by atoms with E-state index in [9.17, 15) is 0 Å². The zero-order valence-electron chi connectivity index (χ0n) is 32.9. The molecule has 12 aromatic rings. The topological polar surface area (TPSA) is 56.5 Å². The Labute approximate surface area is 351 Å². The highest BCUT2D eigenvalue weighted by Crippen LogP contribution is 2.48. The molecule has 0 saturated carbocycles. The fourth-order valence-electron chi connectivity index (χ4n) is 8.91. The molecule has 0 aliphatic carbocycles. The van der Waals surface area contributed by atoms with Crippen molar-refractivity contribution >= 4 is 54.4 Å². The molecule has 61 heavy (non-hydrogen) atoms. The third-order valence-electron chi connectivity index (χ3n) is 11.8. The minimum Gasteiger partial charge on any atom is -0.248 e. The summed E-state index contributed by atoms with van der Waals surface area (Å²) < 4.78 is 2.12. The predicted molar refractivity (Wildman–Crippen MR) is 252 cm³/mol. The van der Waals surface area contributed by atoms with E-state index in [0.717, 1.165) is 116 Å². The van der Waals surface area contributed by atoms with Crippen LogP contribution < -0.4 is 0 Å². The number of para-hydroxylation sites is 1. The Morgan fingerprint density at radius 1 is 0.344 bits per heavy atom. The minimum atomic E-state index is 0.891. The van der Waals surface area contributed by atoms with E-state index in [2.05, 4.69) is 193 Å². The fourth-order valence-corrected chi connectivity index (χ4v) is 8.91. The molecular weight excluding hydrogens is 743 g/mol. The summed E-state index contributed by atoms with van der Waals surface area (Å²) in [5.74, 6) is 0. The van der Waals surface area contributed by atoms with Gasteiger partial charge in [0.05, 0.1) is 44.8 Å². The monoisotopic (exact) mass is 777 g/mol. The van der Waals surface area contributed by atoms with Gasteiger partial charge in [0.15, 0.2) is 0 Å². The number of hydrogen-bond acceptors (Lipinski definition) is 4. The Hall–Kier alpha value is -8.28. The molecule has 0 fully saturated rings. The van der Waals surface area contributed by atoms with Crippen molar-refractivity contribution in [2.24, 2.45) is 0 Å². The quantitative estimate of drug-likeness (QED) is 0.158. The van der Waals surface area contributed by atoms with Gasteiger partial charge in [-0.15, -0.1) is 0 Å². The number of nitrogens with zero attached hydrogens (tertiary/aromatic N) is 5. The molecular formula is C56H35N5. The van der Waals surface area contributed by atoms with E-state index < -0.39 is 0 Å². The maximum atomic E-state index is 5.46. The fraction of sp³-hybridized carbons (Fsp3) is 0. The summed E-state index contributed by atoms with van der Waals surface area (Å²) in [7, 11) is 0. The van der Waals surface area contributed by atoms with Gasteiger partial charge in [0.1, 0.15) is 5.69 Å². The number of fused-ring (bicyclic) bond motifs is 7. The lowest BCUT2D eigenvalue weighted by atomic mass is 9.87. The average Bonchev–Trinajstić information content (AvgIpc) is 3.75. The summed E-state index contributed by atoms with van der Waals surface area (Å²) in [5, 5.41) is 11.9. The van der Waals surface area contributed by atoms with Gasteiger partial charge < -0.3 is 0 Å². The number of hydrogen-bond donors (Lipinski definition) is 0. The summed E-state index contributed by atoms with van der Waals surface area (Å²) in [5.41, 5.74) is 14.9. The second-order valence-electron chi connectivity index (χ2n) is 15.4. The smallest absolute Gasteiger partial charge is 0.101 e. The molecule has 0 spiro atoms. The summed E-state index contributed by atoms with van der Waals surface area (Å²) in [6.45, 7) is 0. The molecule has 0 saturated heterocycles. The van der Waals surface area contributed by atoms with Crippen LogP contribution in [0.25, 0.3) is 116 Å². The summed E-state index contributed by atoms with van der Waals surface area (Å²) in [4.78, 5) is 15.8. The molecule has 284 valence electrons. The first-order valence-corrected chi connectivity index (χ1v) is 20.6. The van der Waals surface area contributed by atoms with Gasteiger partial charge in [0, 0.05) is 54.7 Å². The van der Waals surface area contributed by atoms with Gasteiger partial charge in [-0.25, -0.2) is 19.6 Å². The Kier molecular flexibility index (Phi) is 8.10. The molecule has 0 aliphatic heterocycles. The molecule has 12 rings (SSSR count). The number of aromatic nitrogens is 5. The van der Waals surface area contributed by atoms with Gasteiger partial charge in [0.2, 0.25) is 0 Å². The summed E-state index contributed by atoms with van der Waals surface area (Å²) in [6.07, 6.45) is 0. The van der Waals surface area contributed by atoms with Crippen molar-refractivity contribution in [2.75, 3.05) is 0 Å². The zero-order valence-corrected chi connectivity index (χ0v) is 32.9. The normalized spacial score (nSPS) is 11.6. The summed E-state index contributed by atoms with van der Waals surface area (Å²) in [6, 6.07) is 74.2. The first-order chi connectivity index (χ1) is 30.2. The van der Waals surface area contributed by atoms with Crippen molar-refractivity contribution in [3.63, 3.8) is 0 Å². The van der Waals surface area contributed by atoms with Crippen molar-refractivity contribution < 1.29 is 0 Å². The predicted octanol–water partition coefficient (Wildman–Crippen LogP) is 14.2. The molecule has 0 amide bonds. The van der Waals surface area contributed by atoms with Crippen LogP contribution >= 0.6 is 0 Å². The Morgan fingerprint density at radius 2 is 0.869 bits per heavy atom. The molecule has 4 aromatic heterocycles. The molecule has 5 heteroatoms. The first-order valence-electron chi connectivity index (χ1n) is 20.6. The second kappa shape index (κ2) is 14.2. The first kappa shape index (κ1) is 34.7. The lowest BCUT2D eigenvalue weighted by Gasteiger charge is -2.18. The number of pyridine rings is 3. The Bertz CT molecular complexity index is 3620. The summed E-state index contributed by atoms with van der Waals surface area (Å²) >= 11 is 0. The van der Waals surface area contributed by atoms with Crippen molar-refractivity contribution in [3.8, 4) is 61.8 Å². The van der Waals surface area contributed by atoms with E-state index in [-0.39, 0.29) is 0 Å². The number of benzene rings is 8. The van der Waals surface area contributed by atoms with E-state index in [4.69, 9.17) is 20.1 Å². The molecule has 5 nitrogen and oxygen atoms in total. The molecule has 0 atom stereocenters. The van der Waals surface area contributed by atoms with Crippen molar-refractivity contribution in [1.82, 2.24) is 24.7 Å². The highest BCUT2D eigenvalue weighted by molar-refractivity contribution is 6.24. The van der Waals surface area contributed by atoms with Crippen LogP contribution in [0.1, 0.15) is 0 Å². The molecule has 0 radical (unpaired) electrons. The van der Waals surface area contributed by atoms with E-state index in [1.807, 2.05) is 24.3 Å². The van der Waals surface area contributed by atoms with Crippen LogP contribution in [0.5, 0.6) is 0 Å². The second-order valence-corrected chi connectivity index (χ2v) is 15.4. The van der Waals surface area contributed by atoms with Crippen LogP contribution in [-0.4, -0.2) is 24.7 Å². The van der Waals surface area contributed by atoms with E-state index >= 15 is 0 Å². The Balaban J connectivity index is 1.06. The minimum absolute atomic E-state index is 0.891. The molecule has 0 N–H and O–H groups in total. The third-order valence-corrected chi connectivity index (χ3v) is 11.8. The molecule has 8 aromatic carbocycles. The highest BCUT2D eigenvalue weighted by Gasteiger charge is 2.26. The van der Waals surface area contributed by atoms with Crippen LogP contribution in [-0.2, 0) is 0 Å². The number of rotatable bonds is 6. The lowest BCUT2D eigenvalue weighted by Crippen LogP contribution is -1.98. The molecule has 0 unspecified atom stereocenters. The van der Waals surface area contributed by atoms with Crippen LogP contribution in [0, 0.1) is 0 Å². The third kappa shape index (κ3) is 5.86. The molecule has 4 heterocycles. The van der Waals surface area contributed by atoms with Gasteiger partial charge >= 0.3 is 0 Å². The van der Waals surface area contributed by atoms with E-state index in [1.165, 1.54) is 0 Å². The highest BCUT2D eigenvalue weighted by atomic mass is 15.3. The van der Waals surface area contributed by atoms with Gasteiger partial charge in [-0.2, -0.15) is 5.10 Å². The largest absolute Gasteiger partial charge is 0.248 e. The SMILES string of the molecule is c1ccc(-c2ccc3ccc4ccc(-c5ccc6nc(-c7c(-c8ccccc8)c8c(-c9ccccc9)nn(-c9ccccc9)c8c8ccccc78)ccc6c5)nc4c3n2)cc1. The lowest BCUT2D eigenvalue weighted by molar-refractivity contribution is 0.918. The molecule has 0 bridgehead atoms. The van der Waals surface area contributed by atoms with Gasteiger partial charge in [0.25, 0.3) is 0 Å². The standard InChI is InChI=1S/C56H35N5/c1-5-15-36(16-6-1)46-31-27-39-25-26-40-28-32-48(59-55(40)54(39)58-46)42-29-33-47-41(35-42)30-34-49(57-47)51-44-23-13-14-24-45(44)56-52(50(51)37-17-7-2-8-18-37)53(38-19-9-3-10-20-38)60-61(56)43-21-11-4-12-22-43/h1-35H. The van der Waals surface area contributed by atoms with Gasteiger partial charge in [-0.3, -0.25) is 0 Å². The average molecular weight is 778 g/mol. The van der Waals surface area contributed by atoms with Crippen LogP contribution in [0.15, 0.2) is 212 Å². The van der Waals surface area contributed by atoms with Crippen LogP contribution in [0.3, 0.4) is 0 Å². The Morgan fingerprint density at radius 3 is 1.54 bits per heavy atom. The van der Waals surface area contributed by atoms with Crippen LogP contribution in [0.2, 0.25) is 0 Å². The molecule has 0 aliphatic rings. The van der Waals surface area contributed by atoms with Gasteiger partial charge in [-0.1, -0.05) is 170 Å². The van der Waals surface area contributed by atoms with Crippen molar-refractivity contribution in [1.29, 1.82) is 0 Å². The maximum Gasteiger partial charge on any atom is 0.101 e. The van der Waals surface area contributed by atoms with Crippen molar-refractivity contribution in [3.05, 3.63) is 212 Å². The van der Waals surface area contributed by atoms with E-state index in [1.54, 1.807) is 0 Å². The van der Waals surface area contributed by atoms with Gasteiger partial charge in [-0.05, 0) is 53.4 Å². The van der Waals surface area contributed by atoms with Crippen LogP contribution in [0.4, 0.5) is 0 Å². The van der Waals surface area contributed by atoms with Crippen molar-refractivity contribution in [2.45, 2.75) is 0 Å².